The van der Waals surface area contributed by atoms with E-state index in [1.807, 2.05) is 24.3 Å². The molecule has 2 fully saturated rings. The second-order valence-corrected chi connectivity index (χ2v) is 6.99. The van der Waals surface area contributed by atoms with Crippen LogP contribution in [0.3, 0.4) is 0 Å². The van der Waals surface area contributed by atoms with Crippen LogP contribution >= 0.6 is 0 Å². The van der Waals surface area contributed by atoms with Gasteiger partial charge in [0, 0.05) is 19.1 Å². The molecular formula is C18H24N6O. The largest absolute Gasteiger partial charge is 0.338 e. The van der Waals surface area contributed by atoms with Gasteiger partial charge in [-0.25, -0.2) is 4.68 Å². The van der Waals surface area contributed by atoms with Crippen LogP contribution in [-0.2, 0) is 11.2 Å². The van der Waals surface area contributed by atoms with Gasteiger partial charge in [0.2, 0.25) is 5.91 Å². The Labute approximate surface area is 147 Å². The molecule has 0 spiro atoms. The van der Waals surface area contributed by atoms with Crippen LogP contribution in [0.2, 0.25) is 0 Å². The smallest absolute Gasteiger partial charge is 0.227 e. The first kappa shape index (κ1) is 16.2. The summed E-state index contributed by atoms with van der Waals surface area (Å²) < 4.78 is 1.61. The summed E-state index contributed by atoms with van der Waals surface area (Å²) in [5.41, 5.74) is 1.93. The van der Waals surface area contributed by atoms with Gasteiger partial charge in [-0.2, -0.15) is 0 Å². The minimum atomic E-state index is 0.247. The summed E-state index contributed by atoms with van der Waals surface area (Å²) in [4.78, 5) is 17.4. The maximum Gasteiger partial charge on any atom is 0.227 e. The van der Waals surface area contributed by atoms with E-state index in [4.69, 9.17) is 0 Å². The van der Waals surface area contributed by atoms with E-state index in [0.717, 1.165) is 37.2 Å². The number of benzene rings is 1. The van der Waals surface area contributed by atoms with Crippen molar-refractivity contribution in [3.8, 4) is 5.69 Å². The minimum Gasteiger partial charge on any atom is -0.338 e. The molecule has 0 unspecified atom stereocenters. The standard InChI is InChI=1S/C18H24N6O/c25-18(23-11-3-4-17(23)13-22-9-1-2-10-22)12-15-5-7-16(8-6-15)24-14-19-20-21-24/h5-8,14,17H,1-4,9-13H2/t17-/m1/s1. The average molecular weight is 340 g/mol. The van der Waals surface area contributed by atoms with E-state index in [2.05, 4.69) is 25.3 Å². The molecule has 2 aliphatic heterocycles. The molecule has 4 rings (SSSR count). The molecule has 2 saturated heterocycles. The third-order valence-electron chi connectivity index (χ3n) is 5.27. The van der Waals surface area contributed by atoms with E-state index < -0.39 is 0 Å². The van der Waals surface area contributed by atoms with E-state index in [1.54, 1.807) is 11.0 Å². The molecular weight excluding hydrogens is 316 g/mol. The van der Waals surface area contributed by atoms with Gasteiger partial charge in [-0.15, -0.1) is 5.10 Å². The number of carbonyl (C=O) groups is 1. The Bertz CT molecular complexity index is 693. The predicted molar refractivity (Wildman–Crippen MR) is 93.3 cm³/mol. The van der Waals surface area contributed by atoms with Crippen LogP contribution in [0.5, 0.6) is 0 Å². The highest BCUT2D eigenvalue weighted by Crippen LogP contribution is 2.21. The van der Waals surface area contributed by atoms with Gasteiger partial charge in [0.25, 0.3) is 0 Å². The highest BCUT2D eigenvalue weighted by molar-refractivity contribution is 5.79. The summed E-state index contributed by atoms with van der Waals surface area (Å²) in [5, 5.41) is 11.2. The molecule has 0 radical (unpaired) electrons. The third-order valence-corrected chi connectivity index (χ3v) is 5.27. The number of likely N-dealkylation sites (tertiary alicyclic amines) is 2. The number of tetrazole rings is 1. The number of hydrogen-bond acceptors (Lipinski definition) is 5. The van der Waals surface area contributed by atoms with Crippen LogP contribution in [0.4, 0.5) is 0 Å². The molecule has 0 saturated carbocycles. The molecule has 0 bridgehead atoms. The molecule has 0 N–H and O–H groups in total. The monoisotopic (exact) mass is 340 g/mol. The molecule has 25 heavy (non-hydrogen) atoms. The third kappa shape index (κ3) is 3.71. The van der Waals surface area contributed by atoms with Crippen molar-refractivity contribution in [2.75, 3.05) is 26.2 Å². The maximum atomic E-state index is 12.8. The number of nitrogens with zero attached hydrogens (tertiary/aromatic N) is 6. The minimum absolute atomic E-state index is 0.247. The van der Waals surface area contributed by atoms with Gasteiger partial charge < -0.3 is 9.80 Å². The van der Waals surface area contributed by atoms with Crippen molar-refractivity contribution in [3.05, 3.63) is 36.2 Å². The number of rotatable bonds is 5. The fourth-order valence-corrected chi connectivity index (χ4v) is 3.94. The molecule has 3 heterocycles. The number of amides is 1. The van der Waals surface area contributed by atoms with Crippen molar-refractivity contribution >= 4 is 5.91 Å². The lowest BCUT2D eigenvalue weighted by atomic mass is 10.1. The first-order valence-electron chi connectivity index (χ1n) is 9.14. The highest BCUT2D eigenvalue weighted by Gasteiger charge is 2.30. The molecule has 1 amide bonds. The van der Waals surface area contributed by atoms with Gasteiger partial charge in [-0.05, 0) is 66.9 Å². The molecule has 1 aromatic carbocycles. The average Bonchev–Trinajstić information content (AvgIpc) is 3.39. The zero-order chi connectivity index (χ0) is 17.1. The van der Waals surface area contributed by atoms with E-state index >= 15 is 0 Å². The Kier molecular flexibility index (Phi) is 4.74. The van der Waals surface area contributed by atoms with Crippen LogP contribution < -0.4 is 0 Å². The van der Waals surface area contributed by atoms with Crippen LogP contribution in [0.15, 0.2) is 30.6 Å². The first-order chi connectivity index (χ1) is 12.3. The van der Waals surface area contributed by atoms with Crippen molar-refractivity contribution in [1.29, 1.82) is 0 Å². The van der Waals surface area contributed by atoms with Crippen LogP contribution in [0.1, 0.15) is 31.2 Å². The van der Waals surface area contributed by atoms with Crippen molar-refractivity contribution in [2.24, 2.45) is 0 Å². The van der Waals surface area contributed by atoms with Gasteiger partial charge in [-0.1, -0.05) is 12.1 Å². The quantitative estimate of drug-likeness (QED) is 0.820. The molecule has 1 atom stereocenters. The summed E-state index contributed by atoms with van der Waals surface area (Å²) in [6, 6.07) is 8.27. The number of aromatic nitrogens is 4. The summed E-state index contributed by atoms with van der Waals surface area (Å²) >= 11 is 0. The first-order valence-corrected chi connectivity index (χ1v) is 9.14. The lowest BCUT2D eigenvalue weighted by Crippen LogP contribution is -2.43. The van der Waals surface area contributed by atoms with Gasteiger partial charge in [-0.3, -0.25) is 4.79 Å². The van der Waals surface area contributed by atoms with Crippen molar-refractivity contribution in [2.45, 2.75) is 38.1 Å². The summed E-state index contributed by atoms with van der Waals surface area (Å²) in [6.07, 6.45) is 6.89. The molecule has 1 aromatic heterocycles. The highest BCUT2D eigenvalue weighted by atomic mass is 16.2. The van der Waals surface area contributed by atoms with Crippen LogP contribution in [0, 0.1) is 0 Å². The Balaban J connectivity index is 1.37. The Morgan fingerprint density at radius 2 is 1.88 bits per heavy atom. The number of hydrogen-bond donors (Lipinski definition) is 0. The summed E-state index contributed by atoms with van der Waals surface area (Å²) in [5.74, 6) is 0.247. The van der Waals surface area contributed by atoms with Gasteiger partial charge in [0.1, 0.15) is 6.33 Å². The van der Waals surface area contributed by atoms with Crippen LogP contribution in [0.25, 0.3) is 5.69 Å². The molecule has 0 aliphatic carbocycles. The Morgan fingerprint density at radius 1 is 1.08 bits per heavy atom. The zero-order valence-corrected chi connectivity index (χ0v) is 14.4. The normalized spacial score (nSPS) is 21.1. The van der Waals surface area contributed by atoms with E-state index in [0.29, 0.717) is 12.5 Å². The SMILES string of the molecule is O=C(Cc1ccc(-n2cnnn2)cc1)N1CCC[C@@H]1CN1CCCC1. The van der Waals surface area contributed by atoms with Crippen molar-refractivity contribution in [1.82, 2.24) is 30.0 Å². The van der Waals surface area contributed by atoms with Gasteiger partial charge in [0.05, 0.1) is 12.1 Å². The van der Waals surface area contributed by atoms with E-state index in [9.17, 15) is 4.79 Å². The number of carbonyl (C=O) groups excluding carboxylic acids is 1. The van der Waals surface area contributed by atoms with Crippen LogP contribution in [-0.4, -0.2) is 68.1 Å². The van der Waals surface area contributed by atoms with Crippen molar-refractivity contribution in [3.63, 3.8) is 0 Å². The molecule has 2 aromatic rings. The van der Waals surface area contributed by atoms with E-state index in [-0.39, 0.29) is 5.91 Å². The van der Waals surface area contributed by atoms with Gasteiger partial charge >= 0.3 is 0 Å². The van der Waals surface area contributed by atoms with Crippen molar-refractivity contribution < 1.29 is 4.79 Å². The second-order valence-electron chi connectivity index (χ2n) is 6.99. The molecule has 7 heteroatoms. The summed E-state index contributed by atoms with van der Waals surface area (Å²) in [6.45, 7) is 4.33. The topological polar surface area (TPSA) is 67.2 Å². The lowest BCUT2D eigenvalue weighted by molar-refractivity contribution is -0.131. The molecule has 2 aliphatic rings. The predicted octanol–water partition coefficient (Wildman–Crippen LogP) is 1.29. The summed E-state index contributed by atoms with van der Waals surface area (Å²) in [7, 11) is 0. The molecule has 132 valence electrons. The lowest BCUT2D eigenvalue weighted by Gasteiger charge is -2.28. The fraction of sp³-hybridized carbons (Fsp3) is 0.556. The maximum absolute atomic E-state index is 12.8. The van der Waals surface area contributed by atoms with Gasteiger partial charge in [0.15, 0.2) is 0 Å². The zero-order valence-electron chi connectivity index (χ0n) is 14.4. The fourth-order valence-electron chi connectivity index (χ4n) is 3.94. The van der Waals surface area contributed by atoms with E-state index in [1.165, 1.54) is 25.9 Å². The molecule has 7 nitrogen and oxygen atoms in total. The second kappa shape index (κ2) is 7.31. The Hall–Kier alpha value is -2.28. The Morgan fingerprint density at radius 3 is 2.60 bits per heavy atom.